The largest absolute Gasteiger partial charge is 0.507 e. The molecule has 0 saturated carbocycles. The van der Waals surface area contributed by atoms with Gasteiger partial charge >= 0.3 is 0 Å². The van der Waals surface area contributed by atoms with E-state index in [1.165, 1.54) is 0 Å². The van der Waals surface area contributed by atoms with Crippen LogP contribution in [0, 0.1) is 17.5 Å². The molecule has 0 atom stereocenters. The molecule has 0 amide bonds. The molecule has 0 saturated heterocycles. The van der Waals surface area contributed by atoms with Crippen LogP contribution in [-0.4, -0.2) is 5.11 Å². The number of phenols is 1. The van der Waals surface area contributed by atoms with Crippen LogP contribution in [0.5, 0.6) is 5.75 Å². The Morgan fingerprint density at radius 2 is 2.00 bits per heavy atom. The number of hydrogen-bond acceptors (Lipinski definition) is 2. The predicted octanol–water partition coefficient (Wildman–Crippen LogP) is 3.09. The second-order valence-electron chi connectivity index (χ2n) is 2.52. The lowest BCUT2D eigenvalue weighted by Gasteiger charge is -2.06. The van der Waals surface area contributed by atoms with Crippen molar-refractivity contribution in [3.8, 4) is 5.75 Å². The molecule has 15 heavy (non-hydrogen) atoms. The van der Waals surface area contributed by atoms with Crippen LogP contribution >= 0.6 is 0 Å². The van der Waals surface area contributed by atoms with Gasteiger partial charge in [0.15, 0.2) is 17.5 Å². The molecule has 4 nitrogen and oxygen atoms in total. The predicted molar refractivity (Wildman–Crippen MR) is 46.2 cm³/mol. The summed E-state index contributed by atoms with van der Waals surface area (Å²) >= 11 is 0. The maximum atomic E-state index is 13.1. The topological polar surface area (TPSA) is 69.0 Å². The summed E-state index contributed by atoms with van der Waals surface area (Å²) in [4.78, 5) is 2.28. The van der Waals surface area contributed by atoms with Crippen molar-refractivity contribution < 1.29 is 18.3 Å². The summed E-state index contributed by atoms with van der Waals surface area (Å²) in [7, 11) is 0. The van der Waals surface area contributed by atoms with E-state index in [2.05, 4.69) is 16.6 Å². The molecule has 1 aromatic rings. The third kappa shape index (κ3) is 1.87. The Morgan fingerprint density at radius 3 is 2.53 bits per heavy atom. The van der Waals surface area contributed by atoms with Crippen LogP contribution < -0.4 is 0 Å². The molecule has 0 radical (unpaired) electrons. The zero-order valence-electron chi connectivity index (χ0n) is 7.21. The third-order valence-corrected chi connectivity index (χ3v) is 1.60. The number of phenolic OH excluding ortho intramolecular Hbond substituents is 1. The van der Waals surface area contributed by atoms with Crippen molar-refractivity contribution >= 4 is 5.70 Å². The van der Waals surface area contributed by atoms with Crippen molar-refractivity contribution in [2.24, 2.45) is 5.11 Å². The van der Waals surface area contributed by atoms with E-state index in [1.807, 2.05) is 0 Å². The smallest absolute Gasteiger partial charge is 0.195 e. The van der Waals surface area contributed by atoms with Gasteiger partial charge in [0.25, 0.3) is 0 Å². The van der Waals surface area contributed by atoms with Gasteiger partial charge in [0.1, 0.15) is 5.75 Å². The number of azide groups is 1. The van der Waals surface area contributed by atoms with Crippen LogP contribution in [0.25, 0.3) is 16.1 Å². The van der Waals surface area contributed by atoms with Gasteiger partial charge in [-0.1, -0.05) is 11.7 Å². The van der Waals surface area contributed by atoms with Crippen molar-refractivity contribution in [3.63, 3.8) is 0 Å². The molecule has 7 heteroatoms. The molecular weight excluding hydrogens is 211 g/mol. The van der Waals surface area contributed by atoms with Crippen LogP contribution in [0.4, 0.5) is 13.2 Å². The Bertz CT molecular complexity index is 481. The minimum absolute atomic E-state index is 0.367. The lowest BCUT2D eigenvalue weighted by atomic mass is 10.1. The van der Waals surface area contributed by atoms with E-state index in [0.717, 1.165) is 0 Å². The van der Waals surface area contributed by atoms with Gasteiger partial charge in [0.2, 0.25) is 0 Å². The fourth-order valence-electron chi connectivity index (χ4n) is 0.961. The highest BCUT2D eigenvalue weighted by molar-refractivity contribution is 5.68. The van der Waals surface area contributed by atoms with Crippen molar-refractivity contribution in [2.75, 3.05) is 0 Å². The first-order valence-electron chi connectivity index (χ1n) is 3.60. The van der Waals surface area contributed by atoms with E-state index in [-0.39, 0.29) is 0 Å². The van der Waals surface area contributed by atoms with Gasteiger partial charge in [-0.15, -0.1) is 0 Å². The number of halogens is 3. The summed E-state index contributed by atoms with van der Waals surface area (Å²) in [6.07, 6.45) is 0. The van der Waals surface area contributed by atoms with Crippen LogP contribution in [0.1, 0.15) is 5.56 Å². The van der Waals surface area contributed by atoms with Gasteiger partial charge < -0.3 is 5.11 Å². The maximum absolute atomic E-state index is 13.1. The van der Waals surface area contributed by atoms with Crippen LogP contribution in [-0.2, 0) is 0 Å². The second kappa shape index (κ2) is 3.93. The highest BCUT2D eigenvalue weighted by Gasteiger charge is 2.19. The number of nitrogens with zero attached hydrogens (tertiary/aromatic N) is 3. The van der Waals surface area contributed by atoms with E-state index in [4.69, 9.17) is 10.6 Å². The second-order valence-corrected chi connectivity index (χ2v) is 2.52. The summed E-state index contributed by atoms with van der Waals surface area (Å²) in [6, 6.07) is 0.367. The molecule has 0 fully saturated rings. The highest BCUT2D eigenvalue weighted by atomic mass is 19.2. The first-order valence-corrected chi connectivity index (χ1v) is 3.60. The van der Waals surface area contributed by atoms with E-state index >= 15 is 0 Å². The molecule has 0 heterocycles. The van der Waals surface area contributed by atoms with Gasteiger partial charge in [-0.05, 0) is 5.53 Å². The fraction of sp³-hybridized carbons (Fsp3) is 0. The molecule has 1 aromatic carbocycles. The molecule has 0 spiro atoms. The Labute approximate surface area is 81.9 Å². The third-order valence-electron chi connectivity index (χ3n) is 1.60. The van der Waals surface area contributed by atoms with E-state index in [0.29, 0.717) is 6.07 Å². The van der Waals surface area contributed by atoms with Gasteiger partial charge in [0.05, 0.1) is 5.56 Å². The van der Waals surface area contributed by atoms with Gasteiger partial charge in [-0.25, -0.2) is 13.2 Å². The first kappa shape index (κ1) is 10.9. The van der Waals surface area contributed by atoms with Crippen molar-refractivity contribution in [1.82, 2.24) is 0 Å². The molecule has 0 unspecified atom stereocenters. The standard InChI is InChI=1S/C8H4F3N3O/c1-3(13-14-12)6-5(15)2-4(9)7(10)8(6)11/h2,15H,1H2. The molecule has 78 valence electrons. The van der Waals surface area contributed by atoms with E-state index < -0.39 is 34.5 Å². The molecule has 1 rings (SSSR count). The van der Waals surface area contributed by atoms with Crippen molar-refractivity contribution in [2.45, 2.75) is 0 Å². The van der Waals surface area contributed by atoms with Crippen LogP contribution in [0.3, 0.4) is 0 Å². The Morgan fingerprint density at radius 1 is 1.40 bits per heavy atom. The lowest BCUT2D eigenvalue weighted by Crippen LogP contribution is -1.96. The Kier molecular flexibility index (Phi) is 2.87. The number of benzene rings is 1. The van der Waals surface area contributed by atoms with Crippen LogP contribution in [0.15, 0.2) is 17.8 Å². The maximum Gasteiger partial charge on any atom is 0.195 e. The monoisotopic (exact) mass is 215 g/mol. The average molecular weight is 215 g/mol. The molecule has 0 aliphatic heterocycles. The molecule has 0 aromatic heterocycles. The van der Waals surface area contributed by atoms with Crippen molar-refractivity contribution in [1.29, 1.82) is 0 Å². The highest BCUT2D eigenvalue weighted by Crippen LogP contribution is 2.30. The molecule has 0 bridgehead atoms. The SMILES string of the molecule is C=C(N=[N+]=[N-])c1c(O)cc(F)c(F)c1F. The summed E-state index contributed by atoms with van der Waals surface area (Å²) in [5, 5.41) is 12.0. The normalized spacial score (nSPS) is 9.53. The summed E-state index contributed by atoms with van der Waals surface area (Å²) in [5.41, 5.74) is 6.74. The van der Waals surface area contributed by atoms with Gasteiger partial charge in [0, 0.05) is 16.7 Å². The van der Waals surface area contributed by atoms with Gasteiger partial charge in [-0.3, -0.25) is 0 Å². The molecular formula is C8H4F3N3O. The summed E-state index contributed by atoms with van der Waals surface area (Å²) in [6.45, 7) is 3.10. The molecule has 1 N–H and O–H groups in total. The van der Waals surface area contributed by atoms with Crippen molar-refractivity contribution in [3.05, 3.63) is 46.1 Å². The lowest BCUT2D eigenvalue weighted by molar-refractivity contribution is 0.416. The quantitative estimate of drug-likeness (QED) is 0.350. The average Bonchev–Trinajstić information content (AvgIpc) is 2.15. The first-order chi connectivity index (χ1) is 6.99. The minimum atomic E-state index is -1.77. The molecule has 0 aliphatic carbocycles. The van der Waals surface area contributed by atoms with E-state index in [9.17, 15) is 13.2 Å². The Hall–Kier alpha value is -2.14. The number of hydrogen-bond donors (Lipinski definition) is 1. The number of rotatable bonds is 2. The van der Waals surface area contributed by atoms with Crippen LogP contribution in [0.2, 0.25) is 0 Å². The molecule has 0 aliphatic rings. The number of aromatic hydroxyl groups is 1. The minimum Gasteiger partial charge on any atom is -0.507 e. The van der Waals surface area contributed by atoms with E-state index in [1.54, 1.807) is 0 Å². The zero-order valence-corrected chi connectivity index (χ0v) is 7.21. The fourth-order valence-corrected chi connectivity index (χ4v) is 0.961. The summed E-state index contributed by atoms with van der Waals surface area (Å²) in [5.74, 6) is -5.84. The summed E-state index contributed by atoms with van der Waals surface area (Å²) < 4.78 is 38.4. The van der Waals surface area contributed by atoms with Gasteiger partial charge in [-0.2, -0.15) is 0 Å². The Balaban J connectivity index is 3.48. The zero-order chi connectivity index (χ0) is 11.6.